The molecule has 0 saturated carbocycles. The molecule has 92 valence electrons. The van der Waals surface area contributed by atoms with Crippen LogP contribution in [0.4, 0.5) is 13.2 Å². The first-order valence-electron chi connectivity index (χ1n) is 5.25. The third-order valence-electron chi connectivity index (χ3n) is 2.54. The van der Waals surface area contributed by atoms with Crippen molar-refractivity contribution < 1.29 is 18.0 Å². The van der Waals surface area contributed by atoms with Crippen molar-refractivity contribution in [2.75, 3.05) is 0 Å². The van der Waals surface area contributed by atoms with Gasteiger partial charge in [0.2, 0.25) is 0 Å². The Morgan fingerprint density at radius 1 is 0.889 bits per heavy atom. The largest absolute Gasteiger partial charge is 0.288 e. The lowest BCUT2D eigenvalue weighted by Crippen LogP contribution is -2.07. The quantitative estimate of drug-likeness (QED) is 0.743. The van der Waals surface area contributed by atoms with Gasteiger partial charge in [-0.25, -0.2) is 13.2 Å². The highest BCUT2D eigenvalue weighted by Crippen LogP contribution is 2.18. The molecule has 0 spiro atoms. The number of benzene rings is 2. The Bertz CT molecular complexity index is 620. The SMILES string of the molecule is Cc1ccc(C(=O)c2cc(F)ccc2F)c(F)c1. The van der Waals surface area contributed by atoms with E-state index in [9.17, 15) is 18.0 Å². The van der Waals surface area contributed by atoms with Gasteiger partial charge in [0, 0.05) is 0 Å². The molecule has 0 saturated heterocycles. The molecule has 0 aliphatic carbocycles. The third-order valence-corrected chi connectivity index (χ3v) is 2.54. The molecule has 18 heavy (non-hydrogen) atoms. The molecule has 0 bridgehead atoms. The second-order valence-electron chi connectivity index (χ2n) is 3.94. The van der Waals surface area contributed by atoms with Crippen LogP contribution in [0.2, 0.25) is 0 Å². The maximum Gasteiger partial charge on any atom is 0.199 e. The summed E-state index contributed by atoms with van der Waals surface area (Å²) in [5, 5.41) is 0. The van der Waals surface area contributed by atoms with E-state index >= 15 is 0 Å². The molecular formula is C14H9F3O. The molecule has 0 fully saturated rings. The van der Waals surface area contributed by atoms with Crippen molar-refractivity contribution in [3.63, 3.8) is 0 Å². The first-order valence-corrected chi connectivity index (χ1v) is 5.25. The van der Waals surface area contributed by atoms with Gasteiger partial charge in [-0.05, 0) is 42.8 Å². The number of hydrogen-bond donors (Lipinski definition) is 0. The molecular weight excluding hydrogens is 241 g/mol. The summed E-state index contributed by atoms with van der Waals surface area (Å²) in [4.78, 5) is 11.9. The molecule has 0 N–H and O–H groups in total. The van der Waals surface area contributed by atoms with E-state index in [0.29, 0.717) is 5.56 Å². The lowest BCUT2D eigenvalue weighted by Gasteiger charge is -2.05. The van der Waals surface area contributed by atoms with Gasteiger partial charge in [0.15, 0.2) is 5.78 Å². The number of rotatable bonds is 2. The van der Waals surface area contributed by atoms with Crippen molar-refractivity contribution in [3.05, 3.63) is 70.5 Å². The lowest BCUT2D eigenvalue weighted by atomic mass is 10.0. The molecule has 0 unspecified atom stereocenters. The highest BCUT2D eigenvalue weighted by atomic mass is 19.1. The van der Waals surface area contributed by atoms with Crippen LogP contribution in [0.25, 0.3) is 0 Å². The van der Waals surface area contributed by atoms with E-state index in [1.807, 2.05) is 0 Å². The Kier molecular flexibility index (Phi) is 3.19. The van der Waals surface area contributed by atoms with Crippen LogP contribution in [0.1, 0.15) is 21.5 Å². The fourth-order valence-corrected chi connectivity index (χ4v) is 1.62. The summed E-state index contributed by atoms with van der Waals surface area (Å²) in [6.07, 6.45) is 0. The number of halogens is 3. The Labute approximate surface area is 102 Å². The fourth-order valence-electron chi connectivity index (χ4n) is 1.62. The molecule has 0 aliphatic rings. The molecule has 0 atom stereocenters. The standard InChI is InChI=1S/C14H9F3O/c1-8-2-4-10(13(17)6-8)14(18)11-7-9(15)3-5-12(11)16/h2-7H,1H3. The van der Waals surface area contributed by atoms with Gasteiger partial charge >= 0.3 is 0 Å². The number of hydrogen-bond acceptors (Lipinski definition) is 1. The summed E-state index contributed by atoms with van der Waals surface area (Å²) >= 11 is 0. The Morgan fingerprint density at radius 3 is 2.28 bits per heavy atom. The van der Waals surface area contributed by atoms with Crippen molar-refractivity contribution >= 4 is 5.78 Å². The Morgan fingerprint density at radius 2 is 1.61 bits per heavy atom. The summed E-state index contributed by atoms with van der Waals surface area (Å²) in [6.45, 7) is 1.67. The van der Waals surface area contributed by atoms with Crippen LogP contribution in [0.15, 0.2) is 36.4 Å². The van der Waals surface area contributed by atoms with E-state index < -0.39 is 28.8 Å². The van der Waals surface area contributed by atoms with Crippen LogP contribution < -0.4 is 0 Å². The summed E-state index contributed by atoms with van der Waals surface area (Å²) in [5.41, 5.74) is -0.105. The van der Waals surface area contributed by atoms with Crippen LogP contribution in [0, 0.1) is 24.4 Å². The highest BCUT2D eigenvalue weighted by Gasteiger charge is 2.18. The van der Waals surface area contributed by atoms with E-state index in [0.717, 1.165) is 18.2 Å². The lowest BCUT2D eigenvalue weighted by molar-refractivity contribution is 0.103. The molecule has 0 heterocycles. The van der Waals surface area contributed by atoms with E-state index in [1.165, 1.54) is 18.2 Å². The molecule has 0 amide bonds. The minimum atomic E-state index is -0.874. The van der Waals surface area contributed by atoms with Crippen LogP contribution in [0.5, 0.6) is 0 Å². The number of aryl methyl sites for hydroxylation is 1. The third kappa shape index (κ3) is 2.27. The number of ketones is 1. The highest BCUT2D eigenvalue weighted by molar-refractivity contribution is 6.09. The maximum atomic E-state index is 13.6. The average molecular weight is 250 g/mol. The smallest absolute Gasteiger partial charge is 0.199 e. The molecule has 0 radical (unpaired) electrons. The predicted octanol–water partition coefficient (Wildman–Crippen LogP) is 3.64. The van der Waals surface area contributed by atoms with Gasteiger partial charge in [0.1, 0.15) is 17.5 Å². The van der Waals surface area contributed by atoms with Gasteiger partial charge in [-0.3, -0.25) is 4.79 Å². The van der Waals surface area contributed by atoms with Crippen molar-refractivity contribution in [1.29, 1.82) is 0 Å². The van der Waals surface area contributed by atoms with E-state index in [4.69, 9.17) is 0 Å². The van der Waals surface area contributed by atoms with Crippen molar-refractivity contribution in [1.82, 2.24) is 0 Å². The minimum absolute atomic E-state index is 0.273. The van der Waals surface area contributed by atoms with Crippen LogP contribution >= 0.6 is 0 Å². The van der Waals surface area contributed by atoms with Crippen LogP contribution in [-0.4, -0.2) is 5.78 Å². The zero-order chi connectivity index (χ0) is 13.3. The first kappa shape index (κ1) is 12.4. The van der Waals surface area contributed by atoms with E-state index in [2.05, 4.69) is 0 Å². The normalized spacial score (nSPS) is 10.4. The monoisotopic (exact) mass is 250 g/mol. The van der Waals surface area contributed by atoms with Crippen LogP contribution in [0.3, 0.4) is 0 Å². The fraction of sp³-hybridized carbons (Fsp3) is 0.0714. The second-order valence-corrected chi connectivity index (χ2v) is 3.94. The predicted molar refractivity (Wildman–Crippen MR) is 60.9 cm³/mol. The Hall–Kier alpha value is -2.10. The summed E-state index contributed by atoms with van der Waals surface area (Å²) in [7, 11) is 0. The van der Waals surface area contributed by atoms with Gasteiger partial charge < -0.3 is 0 Å². The first-order chi connectivity index (χ1) is 8.49. The minimum Gasteiger partial charge on any atom is -0.288 e. The van der Waals surface area contributed by atoms with Gasteiger partial charge in [0.05, 0.1) is 11.1 Å². The zero-order valence-corrected chi connectivity index (χ0v) is 9.51. The molecule has 1 nitrogen and oxygen atoms in total. The van der Waals surface area contributed by atoms with Crippen molar-refractivity contribution in [3.8, 4) is 0 Å². The van der Waals surface area contributed by atoms with Crippen LogP contribution in [-0.2, 0) is 0 Å². The maximum absolute atomic E-state index is 13.6. The Balaban J connectivity index is 2.51. The second kappa shape index (κ2) is 4.64. The van der Waals surface area contributed by atoms with E-state index in [1.54, 1.807) is 6.92 Å². The molecule has 2 aromatic rings. The summed E-state index contributed by atoms with van der Waals surface area (Å²) in [5.74, 6) is -3.23. The van der Waals surface area contributed by atoms with Gasteiger partial charge in [0.25, 0.3) is 0 Å². The summed E-state index contributed by atoms with van der Waals surface area (Å²) in [6, 6.07) is 6.47. The topological polar surface area (TPSA) is 17.1 Å². The van der Waals surface area contributed by atoms with Gasteiger partial charge in [-0.1, -0.05) is 6.07 Å². The van der Waals surface area contributed by atoms with Gasteiger partial charge in [-0.15, -0.1) is 0 Å². The number of carbonyl (C=O) groups excluding carboxylic acids is 1. The molecule has 4 heteroatoms. The van der Waals surface area contributed by atoms with E-state index in [-0.39, 0.29) is 5.56 Å². The molecule has 2 rings (SSSR count). The van der Waals surface area contributed by atoms with Crippen molar-refractivity contribution in [2.45, 2.75) is 6.92 Å². The van der Waals surface area contributed by atoms with Crippen molar-refractivity contribution in [2.24, 2.45) is 0 Å². The average Bonchev–Trinajstić information content (AvgIpc) is 2.31. The van der Waals surface area contributed by atoms with Gasteiger partial charge in [-0.2, -0.15) is 0 Å². The zero-order valence-electron chi connectivity index (χ0n) is 9.51. The molecule has 2 aromatic carbocycles. The molecule has 0 aromatic heterocycles. The number of carbonyl (C=O) groups is 1. The summed E-state index contributed by atoms with van der Waals surface area (Å²) < 4.78 is 40.0. The molecule has 0 aliphatic heterocycles.